The number of carbonyl (C=O) groups excluding carboxylic acids is 1. The summed E-state index contributed by atoms with van der Waals surface area (Å²) >= 11 is 0. The molecule has 0 saturated carbocycles. The van der Waals surface area contributed by atoms with Gasteiger partial charge in [-0.05, 0) is 43.3 Å². The average Bonchev–Trinajstić information content (AvgIpc) is 2.98. The molecule has 6 heteroatoms. The van der Waals surface area contributed by atoms with Gasteiger partial charge >= 0.3 is 0 Å². The molecule has 1 atom stereocenters. The van der Waals surface area contributed by atoms with Crippen molar-refractivity contribution >= 4 is 11.6 Å². The fourth-order valence-electron chi connectivity index (χ4n) is 2.91. The van der Waals surface area contributed by atoms with Gasteiger partial charge in [-0.3, -0.25) is 14.9 Å². The van der Waals surface area contributed by atoms with Crippen LogP contribution in [0.15, 0.2) is 18.2 Å². The lowest BCUT2D eigenvalue weighted by Crippen LogP contribution is -2.26. The van der Waals surface area contributed by atoms with Crippen molar-refractivity contribution < 1.29 is 9.72 Å². The highest BCUT2D eigenvalue weighted by atomic mass is 16.6. The van der Waals surface area contributed by atoms with Crippen LogP contribution in [-0.2, 0) is 5.41 Å². The van der Waals surface area contributed by atoms with Gasteiger partial charge < -0.3 is 10.6 Å². The number of nitrogens with one attached hydrogen (secondary N) is 2. The van der Waals surface area contributed by atoms with Gasteiger partial charge in [-0.2, -0.15) is 0 Å². The lowest BCUT2D eigenvalue weighted by Gasteiger charge is -2.19. The Labute approximate surface area is 136 Å². The molecule has 0 aliphatic carbocycles. The number of carbonyl (C=O) groups is 1. The summed E-state index contributed by atoms with van der Waals surface area (Å²) < 4.78 is 0. The van der Waals surface area contributed by atoms with Crippen LogP contribution in [-0.4, -0.2) is 30.5 Å². The van der Waals surface area contributed by atoms with Crippen LogP contribution in [0.2, 0.25) is 0 Å². The highest BCUT2D eigenvalue weighted by molar-refractivity contribution is 5.95. The van der Waals surface area contributed by atoms with Gasteiger partial charge in [0.25, 0.3) is 11.6 Å². The smallest absolute Gasteiger partial charge is 0.273 e. The fourth-order valence-corrected chi connectivity index (χ4v) is 2.91. The Hall–Kier alpha value is -1.95. The second-order valence-electron chi connectivity index (χ2n) is 7.14. The minimum atomic E-state index is -0.415. The Kier molecular flexibility index (Phi) is 5.36. The van der Waals surface area contributed by atoms with Crippen molar-refractivity contribution in [1.82, 2.24) is 10.6 Å². The molecule has 0 radical (unpaired) electrons. The Balaban J connectivity index is 2.05. The lowest BCUT2D eigenvalue weighted by atomic mass is 9.85. The second kappa shape index (κ2) is 7.08. The van der Waals surface area contributed by atoms with Gasteiger partial charge in [0.15, 0.2) is 0 Å². The van der Waals surface area contributed by atoms with Crippen LogP contribution < -0.4 is 10.6 Å². The standard InChI is InChI=1S/C17H25N3O3/c1-17(2,3)14-5-4-13(10-15(14)20(22)23)16(21)19-9-7-12-6-8-18-11-12/h4-5,10,12,18H,6-9,11H2,1-3H3,(H,19,21). The Morgan fingerprint density at radius 3 is 2.74 bits per heavy atom. The summed E-state index contributed by atoms with van der Waals surface area (Å²) in [7, 11) is 0. The van der Waals surface area contributed by atoms with Crippen LogP contribution >= 0.6 is 0 Å². The van der Waals surface area contributed by atoms with E-state index in [1.165, 1.54) is 6.07 Å². The molecule has 1 aliphatic heterocycles. The molecule has 1 unspecified atom stereocenters. The van der Waals surface area contributed by atoms with E-state index in [0.717, 1.165) is 25.9 Å². The topological polar surface area (TPSA) is 84.3 Å². The summed E-state index contributed by atoms with van der Waals surface area (Å²) in [6, 6.07) is 4.74. The summed E-state index contributed by atoms with van der Waals surface area (Å²) in [6.45, 7) is 8.40. The van der Waals surface area contributed by atoms with Crippen LogP contribution in [0, 0.1) is 16.0 Å². The SMILES string of the molecule is CC(C)(C)c1ccc(C(=O)NCCC2CCNC2)cc1[N+](=O)[O-]. The maximum absolute atomic E-state index is 12.2. The Morgan fingerprint density at radius 1 is 1.43 bits per heavy atom. The molecular weight excluding hydrogens is 294 g/mol. The lowest BCUT2D eigenvalue weighted by molar-refractivity contribution is -0.386. The summed E-state index contributed by atoms with van der Waals surface area (Å²) in [5.41, 5.74) is 0.642. The van der Waals surface area contributed by atoms with E-state index < -0.39 is 4.92 Å². The van der Waals surface area contributed by atoms with E-state index in [0.29, 0.717) is 23.6 Å². The summed E-state index contributed by atoms with van der Waals surface area (Å²) in [4.78, 5) is 23.1. The molecule has 1 aromatic carbocycles. The zero-order valence-electron chi connectivity index (χ0n) is 14.0. The van der Waals surface area contributed by atoms with Crippen LogP contribution in [0.1, 0.15) is 49.5 Å². The highest BCUT2D eigenvalue weighted by Crippen LogP contribution is 2.31. The maximum atomic E-state index is 12.2. The third-order valence-electron chi connectivity index (χ3n) is 4.27. The number of hydrogen-bond donors (Lipinski definition) is 2. The highest BCUT2D eigenvalue weighted by Gasteiger charge is 2.26. The number of rotatable bonds is 5. The Morgan fingerprint density at radius 2 is 2.17 bits per heavy atom. The fraction of sp³-hybridized carbons (Fsp3) is 0.588. The minimum Gasteiger partial charge on any atom is -0.352 e. The first kappa shape index (κ1) is 17.4. The quantitative estimate of drug-likeness (QED) is 0.645. The van der Waals surface area contributed by atoms with Crippen LogP contribution in [0.25, 0.3) is 0 Å². The zero-order valence-corrected chi connectivity index (χ0v) is 14.0. The molecule has 2 N–H and O–H groups in total. The molecule has 2 rings (SSSR count). The van der Waals surface area contributed by atoms with E-state index in [-0.39, 0.29) is 17.0 Å². The van der Waals surface area contributed by atoms with Crippen LogP contribution in [0.5, 0.6) is 0 Å². The van der Waals surface area contributed by atoms with Gasteiger partial charge in [0, 0.05) is 23.7 Å². The normalized spacial score (nSPS) is 18.0. The van der Waals surface area contributed by atoms with Crippen molar-refractivity contribution in [2.75, 3.05) is 19.6 Å². The first-order valence-electron chi connectivity index (χ1n) is 8.07. The molecule has 1 aliphatic rings. The second-order valence-corrected chi connectivity index (χ2v) is 7.14. The number of nitrogens with zero attached hydrogens (tertiary/aromatic N) is 1. The predicted molar refractivity (Wildman–Crippen MR) is 89.7 cm³/mol. The van der Waals surface area contributed by atoms with Gasteiger partial charge in [0.2, 0.25) is 0 Å². The molecule has 6 nitrogen and oxygen atoms in total. The molecule has 126 valence electrons. The van der Waals surface area contributed by atoms with Crippen molar-refractivity contribution in [3.63, 3.8) is 0 Å². The first-order chi connectivity index (χ1) is 10.8. The molecular formula is C17H25N3O3. The van der Waals surface area contributed by atoms with Gasteiger partial charge in [-0.15, -0.1) is 0 Å². The predicted octanol–water partition coefficient (Wildman–Crippen LogP) is 2.62. The van der Waals surface area contributed by atoms with Crippen LogP contribution in [0.3, 0.4) is 0 Å². The van der Waals surface area contributed by atoms with Crippen molar-refractivity contribution in [3.8, 4) is 0 Å². The first-order valence-corrected chi connectivity index (χ1v) is 8.07. The Bertz CT molecular complexity index is 587. The number of amides is 1. The molecule has 1 aromatic rings. The van der Waals surface area contributed by atoms with Crippen molar-refractivity contribution in [3.05, 3.63) is 39.4 Å². The van der Waals surface area contributed by atoms with Crippen molar-refractivity contribution in [1.29, 1.82) is 0 Å². The van der Waals surface area contributed by atoms with E-state index in [2.05, 4.69) is 10.6 Å². The van der Waals surface area contributed by atoms with Crippen molar-refractivity contribution in [2.24, 2.45) is 5.92 Å². The van der Waals surface area contributed by atoms with Gasteiger partial charge in [-0.1, -0.05) is 26.8 Å². The van der Waals surface area contributed by atoms with Crippen molar-refractivity contribution in [2.45, 2.75) is 39.0 Å². The molecule has 1 amide bonds. The molecule has 0 spiro atoms. The summed E-state index contributed by atoms with van der Waals surface area (Å²) in [6.07, 6.45) is 2.07. The van der Waals surface area contributed by atoms with Gasteiger partial charge in [-0.25, -0.2) is 0 Å². The molecule has 0 aromatic heterocycles. The number of benzene rings is 1. The summed E-state index contributed by atoms with van der Waals surface area (Å²) in [5.74, 6) is 0.354. The molecule has 1 fully saturated rings. The molecule has 0 bridgehead atoms. The largest absolute Gasteiger partial charge is 0.352 e. The third kappa shape index (κ3) is 4.51. The molecule has 23 heavy (non-hydrogen) atoms. The third-order valence-corrected chi connectivity index (χ3v) is 4.27. The van der Waals surface area contributed by atoms with E-state index in [9.17, 15) is 14.9 Å². The van der Waals surface area contributed by atoms with Crippen LogP contribution in [0.4, 0.5) is 5.69 Å². The zero-order chi connectivity index (χ0) is 17.0. The average molecular weight is 319 g/mol. The monoisotopic (exact) mass is 319 g/mol. The van der Waals surface area contributed by atoms with Gasteiger partial charge in [0.1, 0.15) is 0 Å². The van der Waals surface area contributed by atoms with E-state index in [1.54, 1.807) is 12.1 Å². The summed E-state index contributed by atoms with van der Waals surface area (Å²) in [5, 5.41) is 17.5. The van der Waals surface area contributed by atoms with Gasteiger partial charge in [0.05, 0.1) is 4.92 Å². The maximum Gasteiger partial charge on any atom is 0.273 e. The molecule has 1 heterocycles. The molecule has 1 saturated heterocycles. The van der Waals surface area contributed by atoms with E-state index in [4.69, 9.17) is 0 Å². The number of nitro groups is 1. The number of hydrogen-bond acceptors (Lipinski definition) is 4. The number of nitro benzene ring substituents is 1. The minimum absolute atomic E-state index is 0.00476. The van der Waals surface area contributed by atoms with E-state index in [1.807, 2.05) is 20.8 Å². The van der Waals surface area contributed by atoms with E-state index >= 15 is 0 Å².